The highest BCUT2D eigenvalue weighted by molar-refractivity contribution is 5.46. The summed E-state index contributed by atoms with van der Waals surface area (Å²) >= 11 is 0. The summed E-state index contributed by atoms with van der Waals surface area (Å²) < 4.78 is 5.46. The van der Waals surface area contributed by atoms with E-state index >= 15 is 0 Å². The van der Waals surface area contributed by atoms with Crippen molar-refractivity contribution >= 4 is 0 Å². The fourth-order valence-electron chi connectivity index (χ4n) is 2.34. The second kappa shape index (κ2) is 7.51. The van der Waals surface area contributed by atoms with Gasteiger partial charge in [-0.3, -0.25) is 0 Å². The topological polar surface area (TPSA) is 32.7 Å². The van der Waals surface area contributed by atoms with Crippen LogP contribution >= 0.6 is 0 Å². The van der Waals surface area contributed by atoms with Gasteiger partial charge in [-0.25, -0.2) is 0 Å². The first-order valence-electron chi connectivity index (χ1n) is 7.09. The number of aryl methyl sites for hydroxylation is 1. The standard InChI is InChI=1S/C16H27NO2/c1-6-17(7-2)11-10-15(18)14-9-8-12(3)13(4)16(14)19-5/h8-9,15,18H,6-7,10-11H2,1-5H3. The highest BCUT2D eigenvalue weighted by Gasteiger charge is 2.16. The smallest absolute Gasteiger partial charge is 0.127 e. The van der Waals surface area contributed by atoms with E-state index in [1.54, 1.807) is 7.11 Å². The number of rotatable bonds is 7. The maximum absolute atomic E-state index is 10.4. The van der Waals surface area contributed by atoms with Gasteiger partial charge in [0, 0.05) is 12.1 Å². The molecule has 19 heavy (non-hydrogen) atoms. The first kappa shape index (κ1) is 16.0. The lowest BCUT2D eigenvalue weighted by Crippen LogP contribution is -2.25. The highest BCUT2D eigenvalue weighted by atomic mass is 16.5. The lowest BCUT2D eigenvalue weighted by molar-refractivity contribution is 0.142. The van der Waals surface area contributed by atoms with Crippen LogP contribution in [0.1, 0.15) is 43.1 Å². The monoisotopic (exact) mass is 265 g/mol. The average molecular weight is 265 g/mol. The Hall–Kier alpha value is -1.06. The van der Waals surface area contributed by atoms with Crippen molar-refractivity contribution in [2.75, 3.05) is 26.7 Å². The maximum Gasteiger partial charge on any atom is 0.127 e. The number of aliphatic hydroxyl groups is 1. The summed E-state index contributed by atoms with van der Waals surface area (Å²) in [6.07, 6.45) is 0.274. The first-order chi connectivity index (χ1) is 9.04. The highest BCUT2D eigenvalue weighted by Crippen LogP contribution is 2.32. The van der Waals surface area contributed by atoms with Crippen LogP contribution in [0.5, 0.6) is 5.75 Å². The molecular formula is C16H27NO2. The fraction of sp³-hybridized carbons (Fsp3) is 0.625. The average Bonchev–Trinajstić information content (AvgIpc) is 2.42. The number of nitrogens with zero attached hydrogens (tertiary/aromatic N) is 1. The molecule has 0 saturated carbocycles. The number of aliphatic hydroxyl groups excluding tert-OH is 1. The molecular weight excluding hydrogens is 238 g/mol. The van der Waals surface area contributed by atoms with E-state index in [4.69, 9.17) is 4.74 Å². The molecule has 1 rings (SSSR count). The van der Waals surface area contributed by atoms with Crippen molar-refractivity contribution in [1.82, 2.24) is 4.90 Å². The van der Waals surface area contributed by atoms with Crippen LogP contribution < -0.4 is 4.74 Å². The predicted octanol–water partition coefficient (Wildman–Crippen LogP) is 3.08. The van der Waals surface area contributed by atoms with E-state index in [9.17, 15) is 5.11 Å². The minimum Gasteiger partial charge on any atom is -0.496 e. The molecule has 0 bridgehead atoms. The molecule has 3 heteroatoms. The lowest BCUT2D eigenvalue weighted by atomic mass is 9.99. The molecule has 1 aromatic carbocycles. The Balaban J connectivity index is 2.82. The molecule has 0 radical (unpaired) electrons. The molecule has 3 nitrogen and oxygen atoms in total. The zero-order valence-electron chi connectivity index (χ0n) is 12.9. The van der Waals surface area contributed by atoms with E-state index in [0.717, 1.165) is 42.9 Å². The van der Waals surface area contributed by atoms with Crippen LogP contribution in [0, 0.1) is 13.8 Å². The van der Waals surface area contributed by atoms with Gasteiger partial charge in [0.15, 0.2) is 0 Å². The molecule has 1 aromatic rings. The summed E-state index contributed by atoms with van der Waals surface area (Å²) in [7, 11) is 1.67. The Bertz CT molecular complexity index is 400. The molecule has 0 amide bonds. The number of ether oxygens (including phenoxy) is 1. The minimum absolute atomic E-state index is 0.463. The molecule has 0 aromatic heterocycles. The second-order valence-electron chi connectivity index (χ2n) is 4.96. The van der Waals surface area contributed by atoms with Gasteiger partial charge >= 0.3 is 0 Å². The van der Waals surface area contributed by atoms with E-state index in [-0.39, 0.29) is 0 Å². The molecule has 0 aliphatic carbocycles. The molecule has 0 aliphatic heterocycles. The lowest BCUT2D eigenvalue weighted by Gasteiger charge is -2.22. The van der Waals surface area contributed by atoms with Gasteiger partial charge in [0.2, 0.25) is 0 Å². The van der Waals surface area contributed by atoms with Crippen LogP contribution in [0.25, 0.3) is 0 Å². The van der Waals surface area contributed by atoms with Crippen LogP contribution in [0.3, 0.4) is 0 Å². The van der Waals surface area contributed by atoms with Gasteiger partial charge in [0.05, 0.1) is 13.2 Å². The van der Waals surface area contributed by atoms with Crippen molar-refractivity contribution < 1.29 is 9.84 Å². The van der Waals surface area contributed by atoms with Crippen molar-refractivity contribution in [2.24, 2.45) is 0 Å². The number of methoxy groups -OCH3 is 1. The van der Waals surface area contributed by atoms with Crippen LogP contribution in [0.2, 0.25) is 0 Å². The van der Waals surface area contributed by atoms with E-state index in [1.165, 1.54) is 5.56 Å². The van der Waals surface area contributed by atoms with E-state index in [2.05, 4.69) is 25.7 Å². The van der Waals surface area contributed by atoms with Gasteiger partial charge < -0.3 is 14.7 Å². The second-order valence-corrected chi connectivity index (χ2v) is 4.96. The predicted molar refractivity (Wildman–Crippen MR) is 79.8 cm³/mol. The van der Waals surface area contributed by atoms with Crippen molar-refractivity contribution in [1.29, 1.82) is 0 Å². The molecule has 1 N–H and O–H groups in total. The largest absolute Gasteiger partial charge is 0.496 e. The van der Waals surface area contributed by atoms with Crippen LogP contribution in [-0.2, 0) is 0 Å². The van der Waals surface area contributed by atoms with Crippen molar-refractivity contribution in [3.05, 3.63) is 28.8 Å². The molecule has 0 fully saturated rings. The van der Waals surface area contributed by atoms with Crippen LogP contribution in [0.4, 0.5) is 0 Å². The summed E-state index contributed by atoms with van der Waals surface area (Å²) in [6, 6.07) is 4.03. The van der Waals surface area contributed by atoms with Crippen LogP contribution in [-0.4, -0.2) is 36.8 Å². The Kier molecular flexibility index (Phi) is 6.32. The van der Waals surface area contributed by atoms with E-state index < -0.39 is 6.10 Å². The van der Waals surface area contributed by atoms with Gasteiger partial charge in [-0.1, -0.05) is 26.0 Å². The molecule has 0 spiro atoms. The Morgan fingerprint density at radius 1 is 1.21 bits per heavy atom. The number of hydrogen-bond donors (Lipinski definition) is 1. The summed E-state index contributed by atoms with van der Waals surface area (Å²) in [6.45, 7) is 11.3. The number of benzene rings is 1. The van der Waals surface area contributed by atoms with Crippen molar-refractivity contribution in [2.45, 2.75) is 40.2 Å². The van der Waals surface area contributed by atoms with Gasteiger partial charge in [-0.2, -0.15) is 0 Å². The molecule has 1 unspecified atom stereocenters. The summed E-state index contributed by atoms with van der Waals surface area (Å²) in [5, 5.41) is 10.4. The molecule has 108 valence electrons. The third-order valence-corrected chi connectivity index (χ3v) is 3.88. The Morgan fingerprint density at radius 2 is 1.84 bits per heavy atom. The van der Waals surface area contributed by atoms with Crippen molar-refractivity contribution in [3.63, 3.8) is 0 Å². The first-order valence-corrected chi connectivity index (χ1v) is 7.09. The summed E-state index contributed by atoms with van der Waals surface area (Å²) in [4.78, 5) is 2.32. The normalized spacial score (nSPS) is 12.8. The van der Waals surface area contributed by atoms with Gasteiger partial charge in [-0.05, 0) is 44.5 Å². The van der Waals surface area contributed by atoms with E-state index in [1.807, 2.05) is 19.1 Å². The van der Waals surface area contributed by atoms with Gasteiger partial charge in [0.25, 0.3) is 0 Å². The maximum atomic E-state index is 10.4. The summed E-state index contributed by atoms with van der Waals surface area (Å²) in [5.41, 5.74) is 3.20. The zero-order chi connectivity index (χ0) is 14.4. The molecule has 0 aliphatic rings. The van der Waals surface area contributed by atoms with Gasteiger partial charge in [0.1, 0.15) is 5.75 Å². The zero-order valence-corrected chi connectivity index (χ0v) is 12.9. The number of hydrogen-bond acceptors (Lipinski definition) is 3. The van der Waals surface area contributed by atoms with E-state index in [0.29, 0.717) is 0 Å². The third-order valence-electron chi connectivity index (χ3n) is 3.88. The summed E-state index contributed by atoms with van der Waals surface area (Å²) in [5.74, 6) is 0.826. The molecule has 0 heterocycles. The van der Waals surface area contributed by atoms with Crippen molar-refractivity contribution in [3.8, 4) is 5.75 Å². The minimum atomic E-state index is -0.463. The SMILES string of the molecule is CCN(CC)CCC(O)c1ccc(C)c(C)c1OC. The quantitative estimate of drug-likeness (QED) is 0.822. The Labute approximate surface area is 117 Å². The molecule has 0 saturated heterocycles. The Morgan fingerprint density at radius 3 is 2.37 bits per heavy atom. The van der Waals surface area contributed by atoms with Crippen LogP contribution in [0.15, 0.2) is 12.1 Å². The third kappa shape index (κ3) is 3.95. The van der Waals surface area contributed by atoms with Gasteiger partial charge in [-0.15, -0.1) is 0 Å². The molecule has 1 atom stereocenters. The fourth-order valence-corrected chi connectivity index (χ4v) is 2.34.